The van der Waals surface area contributed by atoms with Crippen molar-refractivity contribution in [3.63, 3.8) is 0 Å². The summed E-state index contributed by atoms with van der Waals surface area (Å²) in [6.07, 6.45) is 3.37. The van der Waals surface area contributed by atoms with E-state index in [0.29, 0.717) is 5.75 Å². The lowest BCUT2D eigenvalue weighted by atomic mass is 10.1. The number of rotatable bonds is 8. The normalized spacial score (nSPS) is 10.5. The maximum Gasteiger partial charge on any atom is 0.160 e. The molecule has 0 fully saturated rings. The van der Waals surface area contributed by atoms with Gasteiger partial charge in [0.2, 0.25) is 0 Å². The molecule has 0 heterocycles. The first kappa shape index (κ1) is 14.6. The fourth-order valence-corrected chi connectivity index (χ4v) is 2.80. The lowest BCUT2D eigenvalue weighted by Crippen LogP contribution is -1.91. The molecule has 0 aliphatic heterocycles. The zero-order chi connectivity index (χ0) is 12.5. The number of hydrogen-bond acceptors (Lipinski definition) is 4. The molecule has 0 unspecified atom stereocenters. The van der Waals surface area contributed by atoms with Gasteiger partial charge < -0.3 is 9.84 Å². The minimum atomic E-state index is 0.208. The highest BCUT2D eigenvalue weighted by molar-refractivity contribution is 7.99. The van der Waals surface area contributed by atoms with Crippen molar-refractivity contribution in [1.29, 1.82) is 0 Å². The Morgan fingerprint density at radius 3 is 2.76 bits per heavy atom. The first-order valence-corrected chi connectivity index (χ1v) is 7.61. The summed E-state index contributed by atoms with van der Waals surface area (Å²) in [5, 5.41) is 9.47. The fourth-order valence-electron chi connectivity index (χ4n) is 1.52. The van der Waals surface area contributed by atoms with E-state index in [4.69, 9.17) is 4.74 Å². The van der Waals surface area contributed by atoms with Gasteiger partial charge in [-0.1, -0.05) is 6.07 Å². The molecule has 0 aromatic heterocycles. The zero-order valence-electron chi connectivity index (χ0n) is 10.2. The van der Waals surface area contributed by atoms with Crippen LogP contribution in [0.15, 0.2) is 18.2 Å². The maximum atomic E-state index is 9.47. The van der Waals surface area contributed by atoms with Crippen LogP contribution in [0.2, 0.25) is 0 Å². The second-order valence-corrected chi connectivity index (χ2v) is 5.47. The monoisotopic (exact) mass is 272 g/mol. The van der Waals surface area contributed by atoms with Crippen molar-refractivity contribution < 1.29 is 9.84 Å². The predicted octanol–water partition coefficient (Wildman–Crippen LogP) is 3.39. The predicted molar refractivity (Wildman–Crippen MR) is 78.8 cm³/mol. The Morgan fingerprint density at radius 2 is 2.06 bits per heavy atom. The number of aryl methyl sites for hydroxylation is 1. The number of benzene rings is 1. The van der Waals surface area contributed by atoms with E-state index in [1.54, 1.807) is 13.2 Å². The number of aromatic hydroxyl groups is 1. The lowest BCUT2D eigenvalue weighted by Gasteiger charge is -2.06. The van der Waals surface area contributed by atoms with E-state index < -0.39 is 0 Å². The largest absolute Gasteiger partial charge is 0.504 e. The van der Waals surface area contributed by atoms with Gasteiger partial charge in [0.25, 0.3) is 0 Å². The van der Waals surface area contributed by atoms with Crippen molar-refractivity contribution in [2.75, 3.05) is 24.4 Å². The molecular formula is C13H20O2S2. The number of ether oxygens (including phenoxy) is 1. The van der Waals surface area contributed by atoms with E-state index in [0.717, 1.165) is 18.6 Å². The van der Waals surface area contributed by atoms with Gasteiger partial charge in [0.15, 0.2) is 11.5 Å². The van der Waals surface area contributed by atoms with Gasteiger partial charge in [-0.2, -0.15) is 24.4 Å². The van der Waals surface area contributed by atoms with Crippen molar-refractivity contribution in [1.82, 2.24) is 0 Å². The molecule has 0 aliphatic carbocycles. The smallest absolute Gasteiger partial charge is 0.160 e. The number of thiol groups is 1. The molecule has 1 rings (SSSR count). The summed E-state index contributed by atoms with van der Waals surface area (Å²) in [4.78, 5) is 0. The van der Waals surface area contributed by atoms with E-state index in [1.807, 2.05) is 23.9 Å². The number of phenols is 1. The zero-order valence-corrected chi connectivity index (χ0v) is 11.9. The second kappa shape index (κ2) is 8.59. The van der Waals surface area contributed by atoms with E-state index in [-0.39, 0.29) is 5.75 Å². The van der Waals surface area contributed by atoms with Gasteiger partial charge in [-0.15, -0.1) is 0 Å². The molecule has 0 bridgehead atoms. The maximum absolute atomic E-state index is 9.47. The van der Waals surface area contributed by atoms with E-state index in [1.165, 1.54) is 23.5 Å². The molecule has 0 aliphatic rings. The first-order chi connectivity index (χ1) is 8.27. The minimum Gasteiger partial charge on any atom is -0.504 e. The standard InChI is InChI=1S/C13H20O2S2/c1-15-13-10-11(5-6-12(13)14)4-2-8-17-9-3-7-16/h5-6,10,14,16H,2-4,7-9H2,1H3. The Balaban J connectivity index is 2.27. The number of methoxy groups -OCH3 is 1. The van der Waals surface area contributed by atoms with Gasteiger partial charge in [-0.25, -0.2) is 0 Å². The van der Waals surface area contributed by atoms with E-state index >= 15 is 0 Å². The third kappa shape index (κ3) is 5.59. The van der Waals surface area contributed by atoms with Crippen LogP contribution in [-0.4, -0.2) is 29.5 Å². The minimum absolute atomic E-state index is 0.208. The molecule has 0 spiro atoms. The van der Waals surface area contributed by atoms with Crippen LogP contribution >= 0.6 is 24.4 Å². The van der Waals surface area contributed by atoms with Crippen molar-refractivity contribution in [2.24, 2.45) is 0 Å². The molecule has 1 aromatic carbocycles. The van der Waals surface area contributed by atoms with Crippen molar-refractivity contribution in [3.8, 4) is 11.5 Å². The van der Waals surface area contributed by atoms with Crippen LogP contribution in [-0.2, 0) is 6.42 Å². The van der Waals surface area contributed by atoms with Crippen LogP contribution < -0.4 is 4.74 Å². The van der Waals surface area contributed by atoms with Crippen LogP contribution in [0.25, 0.3) is 0 Å². The van der Waals surface area contributed by atoms with Crippen molar-refractivity contribution in [3.05, 3.63) is 23.8 Å². The van der Waals surface area contributed by atoms with Crippen LogP contribution in [0.4, 0.5) is 0 Å². The molecule has 0 radical (unpaired) electrons. The summed E-state index contributed by atoms with van der Waals surface area (Å²) < 4.78 is 5.08. The average molecular weight is 272 g/mol. The molecule has 2 nitrogen and oxygen atoms in total. The van der Waals surface area contributed by atoms with E-state index in [2.05, 4.69) is 12.6 Å². The Labute approximate surface area is 113 Å². The van der Waals surface area contributed by atoms with Gasteiger partial charge in [-0.3, -0.25) is 0 Å². The Morgan fingerprint density at radius 1 is 1.29 bits per heavy atom. The molecule has 96 valence electrons. The summed E-state index contributed by atoms with van der Waals surface area (Å²) in [6.45, 7) is 0. The van der Waals surface area contributed by atoms with Gasteiger partial charge in [0.05, 0.1) is 7.11 Å². The molecule has 4 heteroatoms. The summed E-state index contributed by atoms with van der Waals surface area (Å²) in [7, 11) is 1.58. The Bertz CT molecular complexity index is 329. The third-order valence-electron chi connectivity index (χ3n) is 2.45. The van der Waals surface area contributed by atoms with Crippen LogP contribution in [0.5, 0.6) is 11.5 Å². The Kier molecular flexibility index (Phi) is 7.37. The Hall–Kier alpha value is -0.480. The van der Waals surface area contributed by atoms with Crippen LogP contribution in [0, 0.1) is 0 Å². The number of thioether (sulfide) groups is 1. The molecule has 0 amide bonds. The van der Waals surface area contributed by atoms with Crippen molar-refractivity contribution in [2.45, 2.75) is 19.3 Å². The lowest BCUT2D eigenvalue weighted by molar-refractivity contribution is 0.373. The second-order valence-electron chi connectivity index (χ2n) is 3.80. The fraction of sp³-hybridized carbons (Fsp3) is 0.538. The van der Waals surface area contributed by atoms with E-state index in [9.17, 15) is 5.11 Å². The average Bonchev–Trinajstić information content (AvgIpc) is 2.35. The molecule has 1 aromatic rings. The molecule has 1 N–H and O–H groups in total. The highest BCUT2D eigenvalue weighted by Gasteiger charge is 2.02. The molecule has 17 heavy (non-hydrogen) atoms. The SMILES string of the molecule is COc1cc(CCCSCCCS)ccc1O. The summed E-state index contributed by atoms with van der Waals surface area (Å²) in [5.74, 6) is 4.12. The molecular weight excluding hydrogens is 252 g/mol. The van der Waals surface area contributed by atoms with Gasteiger partial charge >= 0.3 is 0 Å². The van der Waals surface area contributed by atoms with Gasteiger partial charge in [-0.05, 0) is 54.2 Å². The molecule has 0 saturated carbocycles. The van der Waals surface area contributed by atoms with Gasteiger partial charge in [0, 0.05) is 0 Å². The van der Waals surface area contributed by atoms with Crippen molar-refractivity contribution >= 4 is 24.4 Å². The topological polar surface area (TPSA) is 29.5 Å². The summed E-state index contributed by atoms with van der Waals surface area (Å²) in [6, 6.07) is 5.56. The summed E-state index contributed by atoms with van der Waals surface area (Å²) >= 11 is 6.16. The van der Waals surface area contributed by atoms with Crippen LogP contribution in [0.1, 0.15) is 18.4 Å². The van der Waals surface area contributed by atoms with Gasteiger partial charge in [0.1, 0.15) is 0 Å². The number of hydrogen-bond donors (Lipinski definition) is 2. The quantitative estimate of drug-likeness (QED) is 0.561. The third-order valence-corrected chi connectivity index (χ3v) is 3.92. The summed E-state index contributed by atoms with van der Waals surface area (Å²) in [5.41, 5.74) is 1.22. The highest BCUT2D eigenvalue weighted by Crippen LogP contribution is 2.26. The molecule has 0 saturated heterocycles. The molecule has 0 atom stereocenters. The first-order valence-electron chi connectivity index (χ1n) is 5.82. The van der Waals surface area contributed by atoms with Crippen LogP contribution in [0.3, 0.4) is 0 Å². The highest BCUT2D eigenvalue weighted by atomic mass is 32.2. The number of phenolic OH excluding ortho intramolecular Hbond substituents is 1.